The molecule has 3 aromatic rings. The normalized spacial score (nSPS) is 12.5. The molecule has 126 valence electrons. The number of aryl methyl sites for hydroxylation is 2. The summed E-state index contributed by atoms with van der Waals surface area (Å²) in [6.07, 6.45) is 1.05. The molecule has 0 bridgehead atoms. The summed E-state index contributed by atoms with van der Waals surface area (Å²) in [7, 11) is 0. The highest BCUT2D eigenvalue weighted by molar-refractivity contribution is 6.35. The molecule has 0 unspecified atom stereocenters. The average Bonchev–Trinajstić information content (AvgIpc) is 2.89. The van der Waals surface area contributed by atoms with Gasteiger partial charge in [-0.25, -0.2) is 4.98 Å². The molecule has 0 fully saturated rings. The first kappa shape index (κ1) is 17.1. The van der Waals surface area contributed by atoms with Crippen LogP contribution >= 0.6 is 23.2 Å². The monoisotopic (exact) mass is 364 g/mol. The maximum absolute atomic E-state index is 10.3. The van der Waals surface area contributed by atoms with Crippen molar-refractivity contribution in [1.29, 1.82) is 0 Å². The van der Waals surface area contributed by atoms with Gasteiger partial charge in [-0.05, 0) is 55.3 Å². The molecule has 24 heavy (non-hydrogen) atoms. The number of ether oxygens (including phenoxy) is 1. The molecule has 1 heterocycles. The SMILES string of the molecule is Cc1cc2ncn(C[C@H](O)COc3ccc(Cl)cc3Cl)c2cc1C. The van der Waals surface area contributed by atoms with E-state index in [4.69, 9.17) is 27.9 Å². The number of halogens is 2. The van der Waals surface area contributed by atoms with Crippen LogP contribution in [0.3, 0.4) is 0 Å². The lowest BCUT2D eigenvalue weighted by atomic mass is 10.1. The lowest BCUT2D eigenvalue weighted by Crippen LogP contribution is -2.23. The van der Waals surface area contributed by atoms with Gasteiger partial charge in [-0.2, -0.15) is 0 Å². The summed E-state index contributed by atoms with van der Waals surface area (Å²) in [5.41, 5.74) is 4.32. The number of rotatable bonds is 5. The van der Waals surface area contributed by atoms with Gasteiger partial charge in [0.05, 0.1) is 28.9 Å². The Bertz CT molecular complexity index is 877. The van der Waals surface area contributed by atoms with Crippen LogP contribution in [0.1, 0.15) is 11.1 Å². The zero-order valence-corrected chi connectivity index (χ0v) is 15.0. The first-order chi connectivity index (χ1) is 11.4. The van der Waals surface area contributed by atoms with Crippen molar-refractivity contribution in [2.75, 3.05) is 6.61 Å². The van der Waals surface area contributed by atoms with E-state index in [0.717, 1.165) is 11.0 Å². The summed E-state index contributed by atoms with van der Waals surface area (Å²) in [5.74, 6) is 0.502. The van der Waals surface area contributed by atoms with Gasteiger partial charge in [-0.1, -0.05) is 23.2 Å². The van der Waals surface area contributed by atoms with E-state index < -0.39 is 6.10 Å². The molecule has 1 aromatic heterocycles. The Morgan fingerprint density at radius 1 is 1.17 bits per heavy atom. The van der Waals surface area contributed by atoms with Crippen LogP contribution in [0.5, 0.6) is 5.75 Å². The third kappa shape index (κ3) is 3.66. The largest absolute Gasteiger partial charge is 0.489 e. The molecule has 4 nitrogen and oxygen atoms in total. The molecule has 0 saturated heterocycles. The van der Waals surface area contributed by atoms with Gasteiger partial charge in [0.25, 0.3) is 0 Å². The fraction of sp³-hybridized carbons (Fsp3) is 0.278. The van der Waals surface area contributed by atoms with E-state index in [1.807, 2.05) is 4.57 Å². The van der Waals surface area contributed by atoms with Crippen molar-refractivity contribution in [3.05, 3.63) is 57.8 Å². The number of benzene rings is 2. The summed E-state index contributed by atoms with van der Waals surface area (Å²) in [6, 6.07) is 9.14. The van der Waals surface area contributed by atoms with E-state index in [0.29, 0.717) is 22.3 Å². The second-order valence-corrected chi connectivity index (χ2v) is 6.71. The van der Waals surface area contributed by atoms with Crippen molar-refractivity contribution in [2.24, 2.45) is 0 Å². The molecule has 3 rings (SSSR count). The Hall–Kier alpha value is -1.75. The average molecular weight is 365 g/mol. The summed E-state index contributed by atoms with van der Waals surface area (Å²) >= 11 is 11.9. The number of nitrogens with zero attached hydrogens (tertiary/aromatic N) is 2. The highest BCUT2D eigenvalue weighted by Gasteiger charge is 2.12. The van der Waals surface area contributed by atoms with Crippen LogP contribution in [0.4, 0.5) is 0 Å². The van der Waals surface area contributed by atoms with E-state index >= 15 is 0 Å². The summed E-state index contributed by atoms with van der Waals surface area (Å²) in [5, 5.41) is 11.2. The standard InChI is InChI=1S/C18H18Cl2N2O2/c1-11-5-16-17(6-12(11)2)22(10-21-16)8-14(23)9-24-18-4-3-13(19)7-15(18)20/h3-7,10,14,23H,8-9H2,1-2H3/t14-/m0/s1. The number of aromatic nitrogens is 2. The maximum Gasteiger partial charge on any atom is 0.138 e. The molecule has 6 heteroatoms. The molecule has 0 aliphatic carbocycles. The van der Waals surface area contributed by atoms with Crippen molar-refractivity contribution < 1.29 is 9.84 Å². The third-order valence-electron chi connectivity index (χ3n) is 3.97. The molecule has 0 saturated carbocycles. The molecule has 0 radical (unpaired) electrons. The van der Waals surface area contributed by atoms with Crippen LogP contribution in [0.2, 0.25) is 10.0 Å². The second kappa shape index (κ2) is 7.01. The van der Waals surface area contributed by atoms with Crippen LogP contribution in [-0.4, -0.2) is 27.4 Å². The van der Waals surface area contributed by atoms with E-state index in [1.54, 1.807) is 24.5 Å². The molecule has 1 N–H and O–H groups in total. The summed E-state index contributed by atoms with van der Waals surface area (Å²) in [6.45, 7) is 4.65. The Kier molecular flexibility index (Phi) is 4.99. The molecule has 2 aromatic carbocycles. The highest BCUT2D eigenvalue weighted by Crippen LogP contribution is 2.27. The molecule has 0 spiro atoms. The highest BCUT2D eigenvalue weighted by atomic mass is 35.5. The Labute approximate surface area is 150 Å². The van der Waals surface area contributed by atoms with Crippen molar-refractivity contribution in [3.8, 4) is 5.75 Å². The smallest absolute Gasteiger partial charge is 0.138 e. The number of imidazole rings is 1. The van der Waals surface area contributed by atoms with Gasteiger partial charge in [0.15, 0.2) is 0 Å². The predicted molar refractivity (Wildman–Crippen MR) is 97.2 cm³/mol. The third-order valence-corrected chi connectivity index (χ3v) is 4.50. The van der Waals surface area contributed by atoms with Gasteiger partial charge in [0.1, 0.15) is 18.5 Å². The summed E-state index contributed by atoms with van der Waals surface area (Å²) < 4.78 is 7.51. The Balaban J connectivity index is 1.69. The molecular formula is C18H18Cl2N2O2. The van der Waals surface area contributed by atoms with Crippen molar-refractivity contribution in [2.45, 2.75) is 26.5 Å². The van der Waals surface area contributed by atoms with Gasteiger partial charge in [0, 0.05) is 5.02 Å². The summed E-state index contributed by atoms with van der Waals surface area (Å²) in [4.78, 5) is 4.39. The fourth-order valence-electron chi connectivity index (χ4n) is 2.52. The lowest BCUT2D eigenvalue weighted by Gasteiger charge is -2.14. The van der Waals surface area contributed by atoms with Gasteiger partial charge < -0.3 is 14.4 Å². The number of aliphatic hydroxyl groups is 1. The Morgan fingerprint density at radius 3 is 2.67 bits per heavy atom. The predicted octanol–water partition coefficient (Wildman–Crippen LogP) is 4.40. The second-order valence-electron chi connectivity index (χ2n) is 5.86. The van der Waals surface area contributed by atoms with Crippen LogP contribution in [0, 0.1) is 13.8 Å². The minimum atomic E-state index is -0.684. The number of hydrogen-bond donors (Lipinski definition) is 1. The van der Waals surface area contributed by atoms with E-state index in [-0.39, 0.29) is 6.61 Å². The quantitative estimate of drug-likeness (QED) is 0.729. The molecular weight excluding hydrogens is 347 g/mol. The van der Waals surface area contributed by atoms with Gasteiger partial charge in [0.2, 0.25) is 0 Å². The molecule has 0 aliphatic rings. The van der Waals surface area contributed by atoms with Crippen LogP contribution in [-0.2, 0) is 6.54 Å². The van der Waals surface area contributed by atoms with Crippen molar-refractivity contribution >= 4 is 34.2 Å². The molecule has 0 amide bonds. The Morgan fingerprint density at radius 2 is 1.92 bits per heavy atom. The zero-order valence-electron chi connectivity index (χ0n) is 13.5. The van der Waals surface area contributed by atoms with Gasteiger partial charge in [-0.3, -0.25) is 0 Å². The van der Waals surface area contributed by atoms with Crippen LogP contribution in [0.25, 0.3) is 11.0 Å². The molecule has 0 aliphatic heterocycles. The fourth-order valence-corrected chi connectivity index (χ4v) is 2.98. The van der Waals surface area contributed by atoms with Crippen LogP contribution < -0.4 is 4.74 Å². The topological polar surface area (TPSA) is 47.3 Å². The van der Waals surface area contributed by atoms with Crippen molar-refractivity contribution in [3.63, 3.8) is 0 Å². The van der Waals surface area contributed by atoms with E-state index in [2.05, 4.69) is 31.0 Å². The first-order valence-corrected chi connectivity index (χ1v) is 8.37. The lowest BCUT2D eigenvalue weighted by molar-refractivity contribution is 0.0935. The minimum absolute atomic E-state index is 0.131. The van der Waals surface area contributed by atoms with E-state index in [1.165, 1.54) is 11.1 Å². The first-order valence-electron chi connectivity index (χ1n) is 7.62. The van der Waals surface area contributed by atoms with E-state index in [9.17, 15) is 5.11 Å². The van der Waals surface area contributed by atoms with Gasteiger partial charge >= 0.3 is 0 Å². The minimum Gasteiger partial charge on any atom is -0.489 e. The van der Waals surface area contributed by atoms with Crippen molar-refractivity contribution in [1.82, 2.24) is 9.55 Å². The van der Waals surface area contributed by atoms with Crippen LogP contribution in [0.15, 0.2) is 36.7 Å². The van der Waals surface area contributed by atoms with Gasteiger partial charge in [-0.15, -0.1) is 0 Å². The zero-order chi connectivity index (χ0) is 17.3. The number of aliphatic hydroxyl groups excluding tert-OH is 1. The maximum atomic E-state index is 10.3. The molecule has 1 atom stereocenters. The number of hydrogen-bond acceptors (Lipinski definition) is 3. The number of fused-ring (bicyclic) bond motifs is 1.